The fraction of sp³-hybridized carbons (Fsp3) is 0.444. The lowest BCUT2D eigenvalue weighted by Crippen LogP contribution is -2.32. The summed E-state index contributed by atoms with van der Waals surface area (Å²) in [7, 11) is 0. The largest absolute Gasteiger partial charge is 0.462 e. The minimum atomic E-state index is -0.391. The molecule has 134 valence electrons. The molecule has 2 rings (SSSR count). The van der Waals surface area contributed by atoms with Crippen LogP contribution in [-0.2, 0) is 19.1 Å². The van der Waals surface area contributed by atoms with E-state index in [1.807, 2.05) is 6.92 Å². The van der Waals surface area contributed by atoms with Crippen molar-refractivity contribution in [1.29, 1.82) is 0 Å². The summed E-state index contributed by atoms with van der Waals surface area (Å²) in [6.45, 7) is 2.49. The first-order valence-electron chi connectivity index (χ1n) is 8.41. The fourth-order valence-corrected chi connectivity index (χ4v) is 2.39. The van der Waals surface area contributed by atoms with Crippen LogP contribution in [0.3, 0.4) is 0 Å². The van der Waals surface area contributed by atoms with E-state index in [0.717, 1.165) is 17.7 Å². The molecule has 0 aliphatic carbocycles. The minimum absolute atomic E-state index is 0.0400. The molecule has 1 saturated heterocycles. The molecule has 1 heterocycles. The van der Waals surface area contributed by atoms with Crippen LogP contribution < -0.4 is 5.32 Å². The zero-order chi connectivity index (χ0) is 18.2. The number of hydrogen-bond donors (Lipinski definition) is 1. The zero-order valence-electron chi connectivity index (χ0n) is 14.2. The molecule has 7 nitrogen and oxygen atoms in total. The maximum Gasteiger partial charge on any atom is 0.338 e. The lowest BCUT2D eigenvalue weighted by atomic mass is 10.2. The van der Waals surface area contributed by atoms with Crippen LogP contribution in [0.2, 0.25) is 0 Å². The normalized spacial score (nSPS) is 13.9. The Labute approximate surface area is 146 Å². The minimum Gasteiger partial charge on any atom is -0.462 e. The van der Waals surface area contributed by atoms with Crippen molar-refractivity contribution >= 4 is 29.4 Å². The summed E-state index contributed by atoms with van der Waals surface area (Å²) < 4.78 is 5.11. The van der Waals surface area contributed by atoms with Crippen LogP contribution in [-0.4, -0.2) is 41.7 Å². The number of nitrogens with one attached hydrogen (secondary N) is 1. The van der Waals surface area contributed by atoms with E-state index in [9.17, 15) is 19.2 Å². The summed E-state index contributed by atoms with van der Waals surface area (Å²) >= 11 is 0. The number of imide groups is 1. The number of anilines is 1. The van der Waals surface area contributed by atoms with Crippen molar-refractivity contribution in [2.75, 3.05) is 18.5 Å². The molecule has 1 N–H and O–H groups in total. The first-order chi connectivity index (χ1) is 12.0. The molecule has 0 radical (unpaired) electrons. The van der Waals surface area contributed by atoms with Gasteiger partial charge in [0.25, 0.3) is 0 Å². The number of amides is 3. The average Bonchev–Trinajstić information content (AvgIpc) is 2.92. The topological polar surface area (TPSA) is 92.8 Å². The van der Waals surface area contributed by atoms with Gasteiger partial charge in [-0.1, -0.05) is 13.3 Å². The number of likely N-dealkylation sites (tertiary alicyclic amines) is 1. The maximum atomic E-state index is 11.9. The van der Waals surface area contributed by atoms with E-state index < -0.39 is 5.97 Å². The predicted octanol–water partition coefficient (Wildman–Crippen LogP) is 2.12. The molecule has 0 unspecified atom stereocenters. The van der Waals surface area contributed by atoms with Crippen molar-refractivity contribution in [1.82, 2.24) is 4.90 Å². The van der Waals surface area contributed by atoms with E-state index in [-0.39, 0.29) is 43.5 Å². The molecular weight excluding hydrogens is 324 g/mol. The van der Waals surface area contributed by atoms with Gasteiger partial charge in [-0.2, -0.15) is 0 Å². The highest BCUT2D eigenvalue weighted by molar-refractivity contribution is 6.02. The molecule has 0 aromatic heterocycles. The Bertz CT molecular complexity index is 638. The molecule has 3 amide bonds. The summed E-state index contributed by atoms with van der Waals surface area (Å²) in [5.74, 6) is -1.16. The van der Waals surface area contributed by atoms with Crippen molar-refractivity contribution in [2.24, 2.45) is 0 Å². The van der Waals surface area contributed by atoms with Gasteiger partial charge in [0.2, 0.25) is 17.7 Å². The van der Waals surface area contributed by atoms with Gasteiger partial charge in [0.1, 0.15) is 0 Å². The Hall–Kier alpha value is -2.70. The lowest BCUT2D eigenvalue weighted by molar-refractivity contribution is -0.138. The van der Waals surface area contributed by atoms with Crippen molar-refractivity contribution in [3.05, 3.63) is 29.8 Å². The number of unbranched alkanes of at least 4 members (excludes halogenated alkanes) is 1. The second-order valence-electron chi connectivity index (χ2n) is 5.80. The molecule has 0 atom stereocenters. The summed E-state index contributed by atoms with van der Waals surface area (Å²) in [4.78, 5) is 47.8. The second-order valence-corrected chi connectivity index (χ2v) is 5.80. The Kier molecular flexibility index (Phi) is 6.68. The SMILES string of the molecule is CCCCOC(=O)c1ccc(NC(=O)CCN2C(=O)CCC2=O)cc1. The van der Waals surface area contributed by atoms with Crippen LogP contribution in [0.1, 0.15) is 49.4 Å². The van der Waals surface area contributed by atoms with Gasteiger partial charge in [-0.15, -0.1) is 0 Å². The van der Waals surface area contributed by atoms with Gasteiger partial charge in [0, 0.05) is 31.5 Å². The number of benzene rings is 1. The Morgan fingerprint density at radius 1 is 1.12 bits per heavy atom. The summed E-state index contributed by atoms with van der Waals surface area (Å²) in [6, 6.07) is 6.38. The number of nitrogens with zero attached hydrogens (tertiary/aromatic N) is 1. The van der Waals surface area contributed by atoms with Gasteiger partial charge < -0.3 is 10.1 Å². The summed E-state index contributed by atoms with van der Waals surface area (Å²) in [5.41, 5.74) is 0.955. The van der Waals surface area contributed by atoms with Crippen LogP contribution in [0.5, 0.6) is 0 Å². The van der Waals surface area contributed by atoms with Gasteiger partial charge in [-0.05, 0) is 30.7 Å². The van der Waals surface area contributed by atoms with Gasteiger partial charge in [0.15, 0.2) is 0 Å². The third-order valence-electron chi connectivity index (χ3n) is 3.85. The third-order valence-corrected chi connectivity index (χ3v) is 3.85. The number of carbonyl (C=O) groups is 4. The third kappa shape index (κ3) is 5.41. The quantitative estimate of drug-likeness (QED) is 0.442. The number of esters is 1. The highest BCUT2D eigenvalue weighted by Crippen LogP contribution is 2.14. The van der Waals surface area contributed by atoms with Crippen molar-refractivity contribution in [3.63, 3.8) is 0 Å². The Morgan fingerprint density at radius 3 is 2.36 bits per heavy atom. The maximum absolute atomic E-state index is 11.9. The first-order valence-corrected chi connectivity index (χ1v) is 8.41. The smallest absolute Gasteiger partial charge is 0.338 e. The molecule has 1 fully saturated rings. The van der Waals surface area contributed by atoms with Gasteiger partial charge in [0.05, 0.1) is 12.2 Å². The zero-order valence-corrected chi connectivity index (χ0v) is 14.2. The predicted molar refractivity (Wildman–Crippen MR) is 90.8 cm³/mol. The standard InChI is InChI=1S/C18H22N2O5/c1-2-3-12-25-18(24)13-4-6-14(7-5-13)19-15(21)10-11-20-16(22)8-9-17(20)23/h4-7H,2-3,8-12H2,1H3,(H,19,21). The van der Waals surface area contributed by atoms with Gasteiger partial charge in [-0.25, -0.2) is 4.79 Å². The number of hydrogen-bond acceptors (Lipinski definition) is 5. The monoisotopic (exact) mass is 346 g/mol. The Morgan fingerprint density at radius 2 is 1.76 bits per heavy atom. The molecule has 0 bridgehead atoms. The molecule has 0 saturated carbocycles. The highest BCUT2D eigenvalue weighted by Gasteiger charge is 2.28. The lowest BCUT2D eigenvalue weighted by Gasteiger charge is -2.13. The fourth-order valence-electron chi connectivity index (χ4n) is 2.39. The van der Waals surface area contributed by atoms with Crippen molar-refractivity contribution < 1.29 is 23.9 Å². The molecule has 1 aliphatic rings. The van der Waals surface area contributed by atoms with Crippen molar-refractivity contribution in [3.8, 4) is 0 Å². The Balaban J connectivity index is 1.80. The number of carbonyl (C=O) groups excluding carboxylic acids is 4. The van der Waals surface area contributed by atoms with E-state index in [0.29, 0.717) is 17.9 Å². The van der Waals surface area contributed by atoms with E-state index in [4.69, 9.17) is 4.74 Å². The second kappa shape index (κ2) is 8.96. The van der Waals surface area contributed by atoms with E-state index in [1.54, 1.807) is 24.3 Å². The molecule has 0 spiro atoms. The van der Waals surface area contributed by atoms with Crippen LogP contribution >= 0.6 is 0 Å². The van der Waals surface area contributed by atoms with Crippen LogP contribution in [0.4, 0.5) is 5.69 Å². The molecular formula is C18H22N2O5. The summed E-state index contributed by atoms with van der Waals surface area (Å²) in [5, 5.41) is 2.67. The molecule has 25 heavy (non-hydrogen) atoms. The van der Waals surface area contributed by atoms with Crippen LogP contribution in [0.15, 0.2) is 24.3 Å². The average molecular weight is 346 g/mol. The van der Waals surface area contributed by atoms with Crippen LogP contribution in [0, 0.1) is 0 Å². The molecule has 1 aliphatic heterocycles. The first kappa shape index (κ1) is 18.6. The van der Waals surface area contributed by atoms with Crippen molar-refractivity contribution in [2.45, 2.75) is 39.0 Å². The molecule has 1 aromatic rings. The number of rotatable bonds is 8. The highest BCUT2D eigenvalue weighted by atomic mass is 16.5. The van der Waals surface area contributed by atoms with Gasteiger partial charge >= 0.3 is 5.97 Å². The molecule has 7 heteroatoms. The number of ether oxygens (including phenoxy) is 1. The van der Waals surface area contributed by atoms with E-state index in [2.05, 4.69) is 5.32 Å². The van der Waals surface area contributed by atoms with E-state index in [1.165, 1.54) is 0 Å². The van der Waals surface area contributed by atoms with Gasteiger partial charge in [-0.3, -0.25) is 19.3 Å². The van der Waals surface area contributed by atoms with E-state index >= 15 is 0 Å². The molecule has 1 aromatic carbocycles. The summed E-state index contributed by atoms with van der Waals surface area (Å²) in [6.07, 6.45) is 2.25. The van der Waals surface area contributed by atoms with Crippen LogP contribution in [0.25, 0.3) is 0 Å².